The first-order valence-electron chi connectivity index (χ1n) is 11.8. The summed E-state index contributed by atoms with van der Waals surface area (Å²) in [4.78, 5) is 0. The van der Waals surface area contributed by atoms with E-state index in [0.717, 1.165) is 6.42 Å². The van der Waals surface area contributed by atoms with Gasteiger partial charge in [-0.05, 0) is 94.0 Å². The molecule has 1 aliphatic carbocycles. The SMILES string of the molecule is CCc1c(-c2c(C)ccc(C)c2-c2ccccc2C)ccc2c1C(C)(C)c1ccccc1-2. The van der Waals surface area contributed by atoms with Gasteiger partial charge in [-0.1, -0.05) is 93.6 Å². The minimum absolute atomic E-state index is 0.00777. The normalized spacial score (nSPS) is 13.7. The van der Waals surface area contributed by atoms with Gasteiger partial charge in [-0.3, -0.25) is 0 Å². The summed E-state index contributed by atoms with van der Waals surface area (Å²) in [6.07, 6.45) is 1.02. The Kier molecular flexibility index (Phi) is 4.86. The minimum Gasteiger partial charge on any atom is -0.0620 e. The third-order valence-corrected chi connectivity index (χ3v) is 7.49. The summed E-state index contributed by atoms with van der Waals surface area (Å²) in [5.74, 6) is 0. The van der Waals surface area contributed by atoms with Crippen LogP contribution >= 0.6 is 0 Å². The van der Waals surface area contributed by atoms with Crippen molar-refractivity contribution in [2.24, 2.45) is 0 Å². The topological polar surface area (TPSA) is 0 Å². The van der Waals surface area contributed by atoms with Crippen molar-refractivity contribution in [1.29, 1.82) is 0 Å². The molecule has 0 bridgehead atoms. The van der Waals surface area contributed by atoms with Crippen LogP contribution in [-0.4, -0.2) is 0 Å². The number of hydrogen-bond donors (Lipinski definition) is 0. The number of fused-ring (bicyclic) bond motifs is 3. The van der Waals surface area contributed by atoms with Crippen LogP contribution in [0.15, 0.2) is 72.8 Å². The molecule has 1 aliphatic rings. The summed E-state index contributed by atoms with van der Waals surface area (Å²) in [6, 6.07) is 27.1. The maximum atomic E-state index is 2.39. The molecule has 0 amide bonds. The average Bonchev–Trinajstić information content (AvgIpc) is 3.03. The molecule has 0 fully saturated rings. The molecule has 0 aliphatic heterocycles. The van der Waals surface area contributed by atoms with E-state index in [0.29, 0.717) is 0 Å². The molecule has 0 nitrogen and oxygen atoms in total. The third kappa shape index (κ3) is 2.89. The first-order valence-corrected chi connectivity index (χ1v) is 11.8. The van der Waals surface area contributed by atoms with Gasteiger partial charge in [0.25, 0.3) is 0 Å². The summed E-state index contributed by atoms with van der Waals surface area (Å²) in [7, 11) is 0. The van der Waals surface area contributed by atoms with Crippen LogP contribution in [0.25, 0.3) is 33.4 Å². The molecular formula is C32H32. The van der Waals surface area contributed by atoms with Gasteiger partial charge in [0.1, 0.15) is 0 Å². The predicted molar refractivity (Wildman–Crippen MR) is 138 cm³/mol. The Labute approximate surface area is 193 Å². The van der Waals surface area contributed by atoms with E-state index in [1.807, 2.05) is 0 Å². The molecule has 0 atom stereocenters. The van der Waals surface area contributed by atoms with E-state index in [1.54, 1.807) is 0 Å². The van der Waals surface area contributed by atoms with Gasteiger partial charge in [-0.15, -0.1) is 0 Å². The fourth-order valence-electron chi connectivity index (χ4n) is 5.94. The van der Waals surface area contributed by atoms with Gasteiger partial charge in [-0.2, -0.15) is 0 Å². The molecule has 0 heteroatoms. The Hall–Kier alpha value is -3.12. The van der Waals surface area contributed by atoms with Crippen molar-refractivity contribution in [1.82, 2.24) is 0 Å². The molecule has 32 heavy (non-hydrogen) atoms. The van der Waals surface area contributed by atoms with Gasteiger partial charge < -0.3 is 0 Å². The van der Waals surface area contributed by atoms with Gasteiger partial charge in [-0.25, -0.2) is 0 Å². The minimum atomic E-state index is 0.00777. The molecule has 0 saturated heterocycles. The smallest absolute Gasteiger partial charge is 0.0161 e. The molecule has 160 valence electrons. The summed E-state index contributed by atoms with van der Waals surface area (Å²) >= 11 is 0. The van der Waals surface area contributed by atoms with E-state index in [2.05, 4.69) is 114 Å². The van der Waals surface area contributed by atoms with Crippen LogP contribution in [0.1, 0.15) is 54.2 Å². The average molecular weight is 417 g/mol. The Bertz CT molecular complexity index is 1350. The van der Waals surface area contributed by atoms with Crippen molar-refractivity contribution in [3.05, 3.63) is 106 Å². The van der Waals surface area contributed by atoms with Gasteiger partial charge in [0.15, 0.2) is 0 Å². The monoisotopic (exact) mass is 416 g/mol. The van der Waals surface area contributed by atoms with Crippen LogP contribution in [0.3, 0.4) is 0 Å². The molecule has 4 aromatic rings. The lowest BCUT2D eigenvalue weighted by molar-refractivity contribution is 0.652. The first kappa shape index (κ1) is 20.8. The Balaban J connectivity index is 1.86. The molecule has 5 rings (SSSR count). The molecule has 0 heterocycles. The first-order chi connectivity index (χ1) is 15.4. The van der Waals surface area contributed by atoms with Gasteiger partial charge in [0, 0.05) is 5.41 Å². The fraction of sp³-hybridized carbons (Fsp3) is 0.250. The maximum absolute atomic E-state index is 2.39. The van der Waals surface area contributed by atoms with E-state index in [1.165, 1.54) is 66.8 Å². The van der Waals surface area contributed by atoms with Crippen molar-refractivity contribution in [3.63, 3.8) is 0 Å². The van der Waals surface area contributed by atoms with Gasteiger partial charge in [0.05, 0.1) is 0 Å². The van der Waals surface area contributed by atoms with Crippen LogP contribution in [0.2, 0.25) is 0 Å². The highest BCUT2D eigenvalue weighted by Gasteiger charge is 2.37. The molecule has 4 aromatic carbocycles. The predicted octanol–water partition coefficient (Wildman–Crippen LogP) is 8.81. The van der Waals surface area contributed by atoms with Crippen LogP contribution in [0.4, 0.5) is 0 Å². The van der Waals surface area contributed by atoms with Gasteiger partial charge >= 0.3 is 0 Å². The maximum Gasteiger partial charge on any atom is 0.0161 e. The highest BCUT2D eigenvalue weighted by molar-refractivity contribution is 5.93. The van der Waals surface area contributed by atoms with Crippen LogP contribution in [0.5, 0.6) is 0 Å². The summed E-state index contributed by atoms with van der Waals surface area (Å²) in [5, 5.41) is 0. The quantitative estimate of drug-likeness (QED) is 0.313. The Morgan fingerprint density at radius 3 is 1.78 bits per heavy atom. The van der Waals surface area contributed by atoms with Crippen molar-refractivity contribution >= 4 is 0 Å². The number of rotatable bonds is 3. The molecular weight excluding hydrogens is 384 g/mol. The molecule has 0 N–H and O–H groups in total. The van der Waals surface area contributed by atoms with Gasteiger partial charge in [0.2, 0.25) is 0 Å². The number of aryl methyl sites for hydroxylation is 3. The summed E-state index contributed by atoms with van der Waals surface area (Å²) < 4.78 is 0. The molecule has 0 aromatic heterocycles. The Morgan fingerprint density at radius 2 is 1.12 bits per heavy atom. The molecule has 0 saturated carbocycles. The lowest BCUT2D eigenvalue weighted by atomic mass is 9.76. The number of benzene rings is 4. The van der Waals surface area contributed by atoms with E-state index in [-0.39, 0.29) is 5.41 Å². The molecule has 0 radical (unpaired) electrons. The van der Waals surface area contributed by atoms with Crippen molar-refractivity contribution in [2.45, 2.75) is 53.4 Å². The van der Waals surface area contributed by atoms with E-state index in [4.69, 9.17) is 0 Å². The molecule has 0 unspecified atom stereocenters. The van der Waals surface area contributed by atoms with Crippen LogP contribution < -0.4 is 0 Å². The van der Waals surface area contributed by atoms with E-state index >= 15 is 0 Å². The lowest BCUT2D eigenvalue weighted by Gasteiger charge is -2.27. The number of hydrogen-bond acceptors (Lipinski definition) is 0. The molecule has 0 spiro atoms. The zero-order valence-corrected chi connectivity index (χ0v) is 20.1. The second-order valence-corrected chi connectivity index (χ2v) is 9.80. The van der Waals surface area contributed by atoms with E-state index < -0.39 is 0 Å². The largest absolute Gasteiger partial charge is 0.0620 e. The highest BCUT2D eigenvalue weighted by atomic mass is 14.4. The second-order valence-electron chi connectivity index (χ2n) is 9.80. The zero-order chi connectivity index (χ0) is 22.6. The zero-order valence-electron chi connectivity index (χ0n) is 20.1. The van der Waals surface area contributed by atoms with Crippen molar-refractivity contribution in [2.75, 3.05) is 0 Å². The second kappa shape index (κ2) is 7.48. The highest BCUT2D eigenvalue weighted by Crippen LogP contribution is 2.52. The Morgan fingerprint density at radius 1 is 0.562 bits per heavy atom. The van der Waals surface area contributed by atoms with Crippen LogP contribution in [-0.2, 0) is 11.8 Å². The third-order valence-electron chi connectivity index (χ3n) is 7.49. The van der Waals surface area contributed by atoms with Crippen molar-refractivity contribution in [3.8, 4) is 33.4 Å². The van der Waals surface area contributed by atoms with E-state index in [9.17, 15) is 0 Å². The fourth-order valence-corrected chi connectivity index (χ4v) is 5.94. The lowest BCUT2D eigenvalue weighted by Crippen LogP contribution is -2.17. The standard InChI is InChI=1S/C32H32/c1-7-23-26(18-19-27-25-14-10-11-15-28(25)32(5,6)31(23)27)30-22(4)17-16-21(3)29(30)24-13-9-8-12-20(24)2/h8-19H,7H2,1-6H3. The summed E-state index contributed by atoms with van der Waals surface area (Å²) in [5.41, 5.74) is 16.8. The van der Waals surface area contributed by atoms with Crippen molar-refractivity contribution < 1.29 is 0 Å². The summed E-state index contributed by atoms with van der Waals surface area (Å²) in [6.45, 7) is 13.9. The van der Waals surface area contributed by atoms with Crippen LogP contribution in [0, 0.1) is 20.8 Å².